The third kappa shape index (κ3) is 4.73. The Labute approximate surface area is 194 Å². The van der Waals surface area contributed by atoms with Crippen molar-refractivity contribution in [2.45, 2.75) is 30.2 Å². The third-order valence-corrected chi connectivity index (χ3v) is 6.57. The average Bonchev–Trinajstić information content (AvgIpc) is 2.81. The van der Waals surface area contributed by atoms with Crippen molar-refractivity contribution in [3.05, 3.63) is 75.3 Å². The maximum absolute atomic E-state index is 13.2. The van der Waals surface area contributed by atoms with Crippen LogP contribution in [0.4, 0.5) is 10.2 Å². The first-order chi connectivity index (χ1) is 15.9. The minimum atomic E-state index is -0.457. The fourth-order valence-corrected chi connectivity index (χ4v) is 4.78. The summed E-state index contributed by atoms with van der Waals surface area (Å²) < 4.78 is 25.9. The Kier molecular flexibility index (Phi) is 6.69. The molecule has 0 aliphatic carbocycles. The molecule has 0 saturated carbocycles. The van der Waals surface area contributed by atoms with E-state index in [0.29, 0.717) is 40.4 Å². The van der Waals surface area contributed by atoms with Crippen LogP contribution in [-0.2, 0) is 17.6 Å². The molecule has 4 rings (SSSR count). The number of aromatic nitrogens is 2. The molecule has 0 radical (unpaired) electrons. The largest absolute Gasteiger partial charge is 0.493 e. The number of hydrogen-bond acceptors (Lipinski definition) is 6. The molecule has 1 atom stereocenters. The molecule has 9 heteroatoms. The van der Waals surface area contributed by atoms with E-state index in [2.05, 4.69) is 10.3 Å². The molecule has 1 N–H and O–H groups in total. The highest BCUT2D eigenvalue weighted by Gasteiger charge is 2.32. The van der Waals surface area contributed by atoms with Crippen molar-refractivity contribution in [3.8, 4) is 11.5 Å². The Morgan fingerprint density at radius 1 is 1.18 bits per heavy atom. The molecule has 0 unspecified atom stereocenters. The number of nitrogens with zero attached hydrogens (tertiary/aromatic N) is 2. The van der Waals surface area contributed by atoms with Gasteiger partial charge in [0.2, 0.25) is 5.91 Å². The smallest absolute Gasteiger partial charge is 0.279 e. The van der Waals surface area contributed by atoms with Gasteiger partial charge in [-0.1, -0.05) is 30.0 Å². The Hall–Kier alpha value is -3.33. The van der Waals surface area contributed by atoms with Gasteiger partial charge in [0.05, 0.1) is 19.3 Å². The van der Waals surface area contributed by atoms with Crippen molar-refractivity contribution in [2.24, 2.45) is 7.05 Å². The molecular formula is C24H24FN3O4S. The van der Waals surface area contributed by atoms with E-state index in [1.54, 1.807) is 36.9 Å². The lowest BCUT2D eigenvalue weighted by atomic mass is 9.86. The highest BCUT2D eigenvalue weighted by molar-refractivity contribution is 7.98. The minimum Gasteiger partial charge on any atom is -0.493 e. The first-order valence-corrected chi connectivity index (χ1v) is 11.5. The lowest BCUT2D eigenvalue weighted by Crippen LogP contribution is -2.33. The van der Waals surface area contributed by atoms with Crippen LogP contribution in [0.25, 0.3) is 0 Å². The molecule has 2 heterocycles. The number of nitrogens with one attached hydrogen (secondary N) is 1. The second-order valence-corrected chi connectivity index (χ2v) is 8.53. The number of amides is 1. The molecule has 0 spiro atoms. The second kappa shape index (κ2) is 9.66. The number of anilines is 1. The van der Waals surface area contributed by atoms with Crippen LogP contribution < -0.4 is 20.3 Å². The van der Waals surface area contributed by atoms with Gasteiger partial charge in [-0.2, -0.15) is 4.98 Å². The number of carbonyl (C=O) groups is 1. The van der Waals surface area contributed by atoms with E-state index in [4.69, 9.17) is 9.47 Å². The molecule has 1 aromatic heterocycles. The van der Waals surface area contributed by atoms with Gasteiger partial charge in [-0.3, -0.25) is 9.59 Å². The number of halogens is 1. The summed E-state index contributed by atoms with van der Waals surface area (Å²) in [5, 5.41) is 3.31. The quantitative estimate of drug-likeness (QED) is 0.415. The molecule has 1 aliphatic rings. The zero-order valence-electron chi connectivity index (χ0n) is 18.6. The number of ether oxygens (including phenoxy) is 2. The highest BCUT2D eigenvalue weighted by Crippen LogP contribution is 2.39. The summed E-state index contributed by atoms with van der Waals surface area (Å²) in [5.74, 6) is 1.14. The van der Waals surface area contributed by atoms with E-state index in [0.717, 1.165) is 11.1 Å². The third-order valence-electron chi connectivity index (χ3n) is 5.47. The first kappa shape index (κ1) is 22.8. The van der Waals surface area contributed by atoms with Crippen LogP contribution in [0.2, 0.25) is 0 Å². The summed E-state index contributed by atoms with van der Waals surface area (Å²) in [4.78, 5) is 30.0. The summed E-state index contributed by atoms with van der Waals surface area (Å²) in [6.45, 7) is 2.33. The molecule has 172 valence electrons. The molecule has 1 aliphatic heterocycles. The lowest BCUT2D eigenvalue weighted by Gasteiger charge is -2.28. The topological polar surface area (TPSA) is 82.5 Å². The summed E-state index contributed by atoms with van der Waals surface area (Å²) in [6, 6.07) is 11.6. The van der Waals surface area contributed by atoms with E-state index in [1.807, 2.05) is 19.1 Å². The van der Waals surface area contributed by atoms with Gasteiger partial charge in [0.25, 0.3) is 5.56 Å². The molecule has 33 heavy (non-hydrogen) atoms. The van der Waals surface area contributed by atoms with Gasteiger partial charge in [-0.25, -0.2) is 4.39 Å². The van der Waals surface area contributed by atoms with E-state index < -0.39 is 5.92 Å². The van der Waals surface area contributed by atoms with E-state index in [-0.39, 0.29) is 23.7 Å². The van der Waals surface area contributed by atoms with Gasteiger partial charge in [0.1, 0.15) is 11.6 Å². The predicted molar refractivity (Wildman–Crippen MR) is 125 cm³/mol. The number of thioether (sulfide) groups is 1. The van der Waals surface area contributed by atoms with E-state index >= 15 is 0 Å². The number of fused-ring (bicyclic) bond motifs is 1. The fourth-order valence-electron chi connectivity index (χ4n) is 3.86. The summed E-state index contributed by atoms with van der Waals surface area (Å²) in [5.41, 5.74) is 1.73. The minimum absolute atomic E-state index is 0.129. The fraction of sp³-hybridized carbons (Fsp3) is 0.292. The molecule has 7 nitrogen and oxygen atoms in total. The van der Waals surface area contributed by atoms with Crippen LogP contribution >= 0.6 is 11.8 Å². The monoisotopic (exact) mass is 469 g/mol. The molecule has 2 aromatic carbocycles. The molecule has 3 aromatic rings. The molecule has 1 amide bonds. The van der Waals surface area contributed by atoms with Crippen LogP contribution in [0.3, 0.4) is 0 Å². The molecule has 0 fully saturated rings. The van der Waals surface area contributed by atoms with Crippen LogP contribution in [0.5, 0.6) is 11.5 Å². The number of rotatable bonds is 7. The molecular weight excluding hydrogens is 445 g/mol. The normalized spacial score (nSPS) is 15.0. The van der Waals surface area contributed by atoms with Gasteiger partial charge in [0, 0.05) is 25.1 Å². The average molecular weight is 470 g/mol. The van der Waals surface area contributed by atoms with Gasteiger partial charge in [-0.15, -0.1) is 0 Å². The maximum Gasteiger partial charge on any atom is 0.279 e. The molecule has 0 saturated heterocycles. The summed E-state index contributed by atoms with van der Waals surface area (Å²) in [7, 11) is 3.33. The van der Waals surface area contributed by atoms with Crippen molar-refractivity contribution < 1.29 is 18.7 Å². The van der Waals surface area contributed by atoms with Crippen LogP contribution in [-0.4, -0.2) is 29.2 Å². The zero-order chi connectivity index (χ0) is 23.5. The van der Waals surface area contributed by atoms with Crippen molar-refractivity contribution in [3.63, 3.8) is 0 Å². The van der Waals surface area contributed by atoms with Crippen LogP contribution in [0.15, 0.2) is 52.4 Å². The number of hydrogen-bond donors (Lipinski definition) is 1. The maximum atomic E-state index is 13.2. The van der Waals surface area contributed by atoms with Crippen molar-refractivity contribution >= 4 is 23.5 Å². The summed E-state index contributed by atoms with van der Waals surface area (Å²) >= 11 is 1.35. The van der Waals surface area contributed by atoms with Crippen molar-refractivity contribution in [1.29, 1.82) is 0 Å². The van der Waals surface area contributed by atoms with E-state index in [9.17, 15) is 14.0 Å². The number of methoxy groups -OCH3 is 1. The Bertz CT molecular complexity index is 1240. The first-order valence-electron chi connectivity index (χ1n) is 10.5. The van der Waals surface area contributed by atoms with Crippen LogP contribution in [0.1, 0.15) is 36.0 Å². The Morgan fingerprint density at radius 2 is 1.94 bits per heavy atom. The van der Waals surface area contributed by atoms with E-state index in [1.165, 1.54) is 23.9 Å². The Morgan fingerprint density at radius 3 is 2.64 bits per heavy atom. The van der Waals surface area contributed by atoms with Gasteiger partial charge >= 0.3 is 0 Å². The number of benzene rings is 2. The number of carbonyl (C=O) groups excluding carboxylic acids is 1. The van der Waals surface area contributed by atoms with Crippen molar-refractivity contribution in [2.75, 3.05) is 19.0 Å². The zero-order valence-corrected chi connectivity index (χ0v) is 19.4. The van der Waals surface area contributed by atoms with Crippen molar-refractivity contribution in [1.82, 2.24) is 9.55 Å². The lowest BCUT2D eigenvalue weighted by molar-refractivity contribution is -0.116. The predicted octanol–water partition coefficient (Wildman–Crippen LogP) is 4.09. The summed E-state index contributed by atoms with van der Waals surface area (Å²) in [6.07, 6.45) is 0.129. The van der Waals surface area contributed by atoms with Gasteiger partial charge in [-0.05, 0) is 42.3 Å². The van der Waals surface area contributed by atoms with Crippen LogP contribution in [0, 0.1) is 5.82 Å². The SMILES string of the molecule is CCOc1cc([C@@H]2CC(=O)Nc3c2c(=O)nc(SCc2ccc(F)cc2)n3C)ccc1OC. The van der Waals surface area contributed by atoms with Gasteiger partial charge < -0.3 is 19.4 Å². The second-order valence-electron chi connectivity index (χ2n) is 7.58. The Balaban J connectivity index is 1.71. The standard InChI is InChI=1S/C24H24FN3O4S/c1-4-32-19-11-15(7-10-18(19)31-3)17-12-20(29)26-22-21(17)23(30)27-24(28(22)2)33-13-14-5-8-16(25)9-6-14/h5-11,17H,4,12-13H2,1-3H3,(H,26,29)/t17-/m0/s1. The van der Waals surface area contributed by atoms with Gasteiger partial charge in [0.15, 0.2) is 16.7 Å². The highest BCUT2D eigenvalue weighted by atomic mass is 32.2. The molecule has 0 bridgehead atoms.